The van der Waals surface area contributed by atoms with E-state index in [0.29, 0.717) is 0 Å². The SMILES string of the molecule is C/C=C/C1=CC=C(/C(C)=C(CC)/C(CC)=C(\C)C2=CC=C(/C=C/CC)C2)C1. The molecule has 0 heteroatoms. The minimum atomic E-state index is 1.06. The van der Waals surface area contributed by atoms with Gasteiger partial charge in [-0.15, -0.1) is 0 Å². The highest BCUT2D eigenvalue weighted by molar-refractivity contribution is 5.55. The fourth-order valence-corrected chi connectivity index (χ4v) is 4.12. The van der Waals surface area contributed by atoms with Gasteiger partial charge in [-0.05, 0) is 97.5 Å². The zero-order valence-corrected chi connectivity index (χ0v) is 18.2. The van der Waals surface area contributed by atoms with Crippen LogP contribution in [-0.2, 0) is 0 Å². The van der Waals surface area contributed by atoms with Gasteiger partial charge in [0.15, 0.2) is 0 Å². The molecular formula is C27H36. The first-order chi connectivity index (χ1) is 13.0. The summed E-state index contributed by atoms with van der Waals surface area (Å²) in [5.41, 5.74) is 11.8. The molecule has 0 N–H and O–H groups in total. The fourth-order valence-electron chi connectivity index (χ4n) is 4.12. The second kappa shape index (κ2) is 10.3. The molecule has 144 valence electrons. The molecule has 0 spiro atoms. The van der Waals surface area contributed by atoms with E-state index in [0.717, 1.165) is 32.1 Å². The number of hydrogen-bond donors (Lipinski definition) is 0. The van der Waals surface area contributed by atoms with Crippen molar-refractivity contribution in [1.82, 2.24) is 0 Å². The number of rotatable bonds is 8. The van der Waals surface area contributed by atoms with Gasteiger partial charge in [-0.3, -0.25) is 0 Å². The highest BCUT2D eigenvalue weighted by atomic mass is 14.2. The predicted octanol–water partition coefficient (Wildman–Crippen LogP) is 8.49. The highest BCUT2D eigenvalue weighted by Gasteiger charge is 2.17. The lowest BCUT2D eigenvalue weighted by Gasteiger charge is -2.19. The van der Waals surface area contributed by atoms with Crippen LogP contribution in [0.25, 0.3) is 0 Å². The first kappa shape index (κ1) is 21.2. The maximum Gasteiger partial charge on any atom is -0.00232 e. The Balaban J connectivity index is 2.28. The van der Waals surface area contributed by atoms with E-state index >= 15 is 0 Å². The topological polar surface area (TPSA) is 0 Å². The molecule has 0 atom stereocenters. The Labute approximate surface area is 167 Å². The predicted molar refractivity (Wildman–Crippen MR) is 122 cm³/mol. The van der Waals surface area contributed by atoms with Gasteiger partial charge in [0.1, 0.15) is 0 Å². The van der Waals surface area contributed by atoms with E-state index in [1.54, 1.807) is 0 Å². The third kappa shape index (κ3) is 5.22. The normalized spacial score (nSPS) is 19.2. The minimum absolute atomic E-state index is 1.06. The maximum absolute atomic E-state index is 2.32. The van der Waals surface area contributed by atoms with E-state index in [1.165, 1.54) is 44.6 Å². The van der Waals surface area contributed by atoms with E-state index in [9.17, 15) is 0 Å². The summed E-state index contributed by atoms with van der Waals surface area (Å²) in [6.07, 6.45) is 23.5. The zero-order valence-electron chi connectivity index (χ0n) is 18.2. The summed E-state index contributed by atoms with van der Waals surface area (Å²) in [6.45, 7) is 13.5. The van der Waals surface area contributed by atoms with Gasteiger partial charge in [-0.2, -0.15) is 0 Å². The second-order valence-electron chi connectivity index (χ2n) is 7.45. The Morgan fingerprint density at radius 3 is 1.67 bits per heavy atom. The van der Waals surface area contributed by atoms with Gasteiger partial charge in [0.2, 0.25) is 0 Å². The van der Waals surface area contributed by atoms with Crippen molar-refractivity contribution in [1.29, 1.82) is 0 Å². The molecule has 0 heterocycles. The van der Waals surface area contributed by atoms with Crippen molar-refractivity contribution in [2.75, 3.05) is 0 Å². The van der Waals surface area contributed by atoms with Crippen LogP contribution in [0.4, 0.5) is 0 Å². The largest absolute Gasteiger partial charge is 0.0874 e. The maximum atomic E-state index is 2.32. The van der Waals surface area contributed by atoms with Crippen LogP contribution in [0.2, 0.25) is 0 Å². The Hall–Kier alpha value is -2.08. The van der Waals surface area contributed by atoms with Crippen LogP contribution in [0, 0.1) is 0 Å². The Kier molecular flexibility index (Phi) is 8.10. The van der Waals surface area contributed by atoms with Gasteiger partial charge in [0, 0.05) is 0 Å². The lowest BCUT2D eigenvalue weighted by molar-refractivity contribution is 0.966. The van der Waals surface area contributed by atoms with Crippen LogP contribution >= 0.6 is 0 Å². The average Bonchev–Trinajstić information content (AvgIpc) is 3.33. The third-order valence-corrected chi connectivity index (χ3v) is 5.67. The Morgan fingerprint density at radius 1 is 0.778 bits per heavy atom. The van der Waals surface area contributed by atoms with E-state index in [2.05, 4.69) is 90.2 Å². The third-order valence-electron chi connectivity index (χ3n) is 5.67. The summed E-state index contributed by atoms with van der Waals surface area (Å²) >= 11 is 0. The standard InChI is InChI=1S/C27H36/c1-7-11-13-23-15-17-25(19-23)21(6)27(10-4)26(9-3)20(5)24-16-14-22(18-24)12-8-2/h8,11-17H,7,9-10,18-19H2,1-6H3/b12-8+,13-11+,26-20+,27-21+. The molecule has 0 saturated carbocycles. The Bertz CT molecular complexity index is 795. The fraction of sp³-hybridized carbons (Fsp3) is 0.407. The van der Waals surface area contributed by atoms with Crippen molar-refractivity contribution in [2.24, 2.45) is 0 Å². The van der Waals surface area contributed by atoms with Crippen molar-refractivity contribution in [3.05, 3.63) is 93.2 Å². The summed E-state index contributed by atoms with van der Waals surface area (Å²) in [5, 5.41) is 0. The average molecular weight is 361 g/mol. The summed E-state index contributed by atoms with van der Waals surface area (Å²) < 4.78 is 0. The molecule has 0 nitrogen and oxygen atoms in total. The van der Waals surface area contributed by atoms with Crippen LogP contribution < -0.4 is 0 Å². The molecular weight excluding hydrogens is 324 g/mol. The molecule has 0 aromatic heterocycles. The van der Waals surface area contributed by atoms with Crippen LogP contribution in [0.1, 0.15) is 73.6 Å². The first-order valence-electron chi connectivity index (χ1n) is 10.5. The van der Waals surface area contributed by atoms with E-state index in [1.807, 2.05) is 0 Å². The van der Waals surface area contributed by atoms with Crippen LogP contribution in [0.15, 0.2) is 93.2 Å². The lowest BCUT2D eigenvalue weighted by atomic mass is 9.86. The zero-order chi connectivity index (χ0) is 19.8. The van der Waals surface area contributed by atoms with Gasteiger partial charge in [-0.25, -0.2) is 0 Å². The van der Waals surface area contributed by atoms with Gasteiger partial charge >= 0.3 is 0 Å². The molecule has 0 aromatic carbocycles. The molecule has 27 heavy (non-hydrogen) atoms. The highest BCUT2D eigenvalue weighted by Crippen LogP contribution is 2.36. The van der Waals surface area contributed by atoms with Crippen LogP contribution in [0.3, 0.4) is 0 Å². The molecule has 0 bridgehead atoms. The monoisotopic (exact) mass is 360 g/mol. The molecule has 2 aliphatic carbocycles. The molecule has 0 unspecified atom stereocenters. The molecule has 0 fully saturated rings. The molecule has 0 aliphatic heterocycles. The van der Waals surface area contributed by atoms with Gasteiger partial charge < -0.3 is 0 Å². The quantitative estimate of drug-likeness (QED) is 0.381. The van der Waals surface area contributed by atoms with Crippen LogP contribution in [0.5, 0.6) is 0 Å². The van der Waals surface area contributed by atoms with Crippen molar-refractivity contribution >= 4 is 0 Å². The Morgan fingerprint density at radius 2 is 1.26 bits per heavy atom. The summed E-state index contributed by atoms with van der Waals surface area (Å²) in [6, 6.07) is 0. The smallest absolute Gasteiger partial charge is 0.00232 e. The second-order valence-corrected chi connectivity index (χ2v) is 7.45. The van der Waals surface area contributed by atoms with Crippen molar-refractivity contribution < 1.29 is 0 Å². The molecule has 0 saturated heterocycles. The van der Waals surface area contributed by atoms with Crippen molar-refractivity contribution in [2.45, 2.75) is 73.6 Å². The summed E-state index contributed by atoms with van der Waals surface area (Å²) in [7, 11) is 0. The summed E-state index contributed by atoms with van der Waals surface area (Å²) in [5.74, 6) is 0. The van der Waals surface area contributed by atoms with Crippen molar-refractivity contribution in [3.8, 4) is 0 Å². The van der Waals surface area contributed by atoms with Gasteiger partial charge in [0.05, 0.1) is 0 Å². The number of hydrogen-bond acceptors (Lipinski definition) is 0. The molecule has 2 aliphatic rings. The van der Waals surface area contributed by atoms with E-state index in [4.69, 9.17) is 0 Å². The van der Waals surface area contributed by atoms with Crippen LogP contribution in [-0.4, -0.2) is 0 Å². The molecule has 0 aromatic rings. The first-order valence-corrected chi connectivity index (χ1v) is 10.5. The molecule has 0 amide bonds. The van der Waals surface area contributed by atoms with Gasteiger partial charge in [-0.1, -0.05) is 69.4 Å². The molecule has 0 radical (unpaired) electrons. The van der Waals surface area contributed by atoms with E-state index < -0.39 is 0 Å². The summed E-state index contributed by atoms with van der Waals surface area (Å²) in [4.78, 5) is 0. The molecule has 2 rings (SSSR count). The minimum Gasteiger partial charge on any atom is -0.0874 e. The van der Waals surface area contributed by atoms with E-state index in [-0.39, 0.29) is 0 Å². The number of allylic oxidation sites excluding steroid dienone is 16. The van der Waals surface area contributed by atoms with Crippen molar-refractivity contribution in [3.63, 3.8) is 0 Å². The van der Waals surface area contributed by atoms with Gasteiger partial charge in [0.25, 0.3) is 0 Å². The lowest BCUT2D eigenvalue weighted by Crippen LogP contribution is -2.00.